The second-order valence-electron chi connectivity index (χ2n) is 3.98. The third-order valence-corrected chi connectivity index (χ3v) is 2.72. The number of piperidine rings is 1. The Labute approximate surface area is 96.3 Å². The fourth-order valence-corrected chi connectivity index (χ4v) is 1.74. The fraction of sp³-hybridized carbons (Fsp3) is 0.357. The van der Waals surface area contributed by atoms with Gasteiger partial charge in [-0.15, -0.1) is 0 Å². The highest BCUT2D eigenvalue weighted by Gasteiger charge is 2.14. The molecule has 1 aliphatic heterocycles. The minimum absolute atomic E-state index is 0.382. The quantitative estimate of drug-likeness (QED) is 0.662. The number of hydrogen-bond donors (Lipinski definition) is 0. The van der Waals surface area contributed by atoms with Crippen LogP contribution in [0.5, 0.6) is 0 Å². The Hall–Kier alpha value is -1.59. The molecular formula is C14H15NO. The van der Waals surface area contributed by atoms with Crippen LogP contribution in [0.4, 0.5) is 0 Å². The molecule has 1 saturated heterocycles. The van der Waals surface area contributed by atoms with Gasteiger partial charge in [0.1, 0.15) is 5.78 Å². The van der Waals surface area contributed by atoms with E-state index in [1.165, 1.54) is 0 Å². The van der Waals surface area contributed by atoms with Crippen molar-refractivity contribution in [3.05, 3.63) is 35.9 Å². The molecule has 1 aromatic rings. The van der Waals surface area contributed by atoms with Gasteiger partial charge in [-0.3, -0.25) is 9.69 Å². The molecule has 0 N–H and O–H groups in total. The van der Waals surface area contributed by atoms with E-state index in [9.17, 15) is 4.79 Å². The normalized spacial score (nSPS) is 16.6. The molecule has 82 valence electrons. The summed E-state index contributed by atoms with van der Waals surface area (Å²) in [4.78, 5) is 13.3. The molecule has 2 nitrogen and oxygen atoms in total. The molecule has 0 atom stereocenters. The average Bonchev–Trinajstić information content (AvgIpc) is 2.33. The zero-order valence-electron chi connectivity index (χ0n) is 9.28. The van der Waals surface area contributed by atoms with Crippen molar-refractivity contribution in [2.45, 2.75) is 12.8 Å². The lowest BCUT2D eigenvalue weighted by Gasteiger charge is -2.23. The van der Waals surface area contributed by atoms with Crippen molar-refractivity contribution in [1.29, 1.82) is 0 Å². The summed E-state index contributed by atoms with van der Waals surface area (Å²) in [7, 11) is 0. The van der Waals surface area contributed by atoms with Crippen LogP contribution in [0, 0.1) is 11.8 Å². The van der Waals surface area contributed by atoms with Crippen LogP contribution < -0.4 is 0 Å². The molecule has 0 amide bonds. The summed E-state index contributed by atoms with van der Waals surface area (Å²) in [5.41, 5.74) is 1.05. The van der Waals surface area contributed by atoms with Gasteiger partial charge in [-0.05, 0) is 12.1 Å². The van der Waals surface area contributed by atoms with Crippen LogP contribution >= 0.6 is 0 Å². The number of hydrogen-bond acceptors (Lipinski definition) is 2. The van der Waals surface area contributed by atoms with E-state index >= 15 is 0 Å². The van der Waals surface area contributed by atoms with Crippen molar-refractivity contribution in [3.63, 3.8) is 0 Å². The lowest BCUT2D eigenvalue weighted by atomic mass is 10.1. The van der Waals surface area contributed by atoms with Gasteiger partial charge in [-0.1, -0.05) is 30.0 Å². The second-order valence-corrected chi connectivity index (χ2v) is 3.98. The number of benzene rings is 1. The van der Waals surface area contributed by atoms with Gasteiger partial charge in [-0.25, -0.2) is 0 Å². The predicted molar refractivity (Wildman–Crippen MR) is 64.0 cm³/mol. The fourth-order valence-electron chi connectivity index (χ4n) is 1.74. The van der Waals surface area contributed by atoms with Gasteiger partial charge in [0.25, 0.3) is 0 Å². The highest BCUT2D eigenvalue weighted by atomic mass is 16.1. The van der Waals surface area contributed by atoms with E-state index < -0.39 is 0 Å². The highest BCUT2D eigenvalue weighted by molar-refractivity contribution is 5.79. The third-order valence-electron chi connectivity index (χ3n) is 2.72. The van der Waals surface area contributed by atoms with Gasteiger partial charge in [-0.2, -0.15) is 0 Å². The number of rotatable bonds is 1. The molecule has 0 spiro atoms. The SMILES string of the molecule is O=C1CCN(CC#Cc2ccccc2)CC1. The molecule has 1 aromatic carbocycles. The van der Waals surface area contributed by atoms with E-state index in [1.807, 2.05) is 30.3 Å². The van der Waals surface area contributed by atoms with Crippen LogP contribution in [0.2, 0.25) is 0 Å². The standard InChI is InChI=1S/C14H15NO/c16-14-8-11-15(12-9-14)10-4-7-13-5-2-1-3-6-13/h1-3,5-6H,8-12H2. The summed E-state index contributed by atoms with van der Waals surface area (Å²) in [5.74, 6) is 6.66. The molecule has 0 unspecified atom stereocenters. The molecule has 0 aromatic heterocycles. The van der Waals surface area contributed by atoms with Gasteiger partial charge < -0.3 is 0 Å². The minimum Gasteiger partial charge on any atom is -0.300 e. The minimum atomic E-state index is 0.382. The average molecular weight is 213 g/mol. The van der Waals surface area contributed by atoms with Crippen LogP contribution in [0.15, 0.2) is 30.3 Å². The molecule has 0 radical (unpaired) electrons. The third kappa shape index (κ3) is 3.22. The Morgan fingerprint density at radius 1 is 1.12 bits per heavy atom. The zero-order valence-corrected chi connectivity index (χ0v) is 9.28. The summed E-state index contributed by atoms with van der Waals surface area (Å²) in [6.45, 7) is 2.49. The predicted octanol–water partition coefficient (Wildman–Crippen LogP) is 1.70. The van der Waals surface area contributed by atoms with Crippen LogP contribution in [-0.2, 0) is 4.79 Å². The summed E-state index contributed by atoms with van der Waals surface area (Å²) >= 11 is 0. The van der Waals surface area contributed by atoms with Crippen LogP contribution in [-0.4, -0.2) is 30.3 Å². The first-order chi connectivity index (χ1) is 7.84. The lowest BCUT2D eigenvalue weighted by Crippen LogP contribution is -2.33. The summed E-state index contributed by atoms with van der Waals surface area (Å²) in [5, 5.41) is 0. The van der Waals surface area contributed by atoms with E-state index in [1.54, 1.807) is 0 Å². The Morgan fingerprint density at radius 3 is 2.50 bits per heavy atom. The van der Waals surface area contributed by atoms with Crippen LogP contribution in [0.1, 0.15) is 18.4 Å². The molecule has 1 fully saturated rings. The van der Waals surface area contributed by atoms with Crippen molar-refractivity contribution in [2.75, 3.05) is 19.6 Å². The van der Waals surface area contributed by atoms with E-state index in [-0.39, 0.29) is 0 Å². The van der Waals surface area contributed by atoms with Crippen LogP contribution in [0.3, 0.4) is 0 Å². The van der Waals surface area contributed by atoms with Crippen LogP contribution in [0.25, 0.3) is 0 Å². The topological polar surface area (TPSA) is 20.3 Å². The second kappa shape index (κ2) is 5.48. The van der Waals surface area contributed by atoms with E-state index in [0.717, 1.165) is 25.2 Å². The number of carbonyl (C=O) groups excluding carboxylic acids is 1. The summed E-state index contributed by atoms with van der Waals surface area (Å²) < 4.78 is 0. The molecule has 0 saturated carbocycles. The molecule has 1 aliphatic rings. The van der Waals surface area contributed by atoms with Crippen molar-refractivity contribution < 1.29 is 4.79 Å². The first-order valence-corrected chi connectivity index (χ1v) is 5.62. The number of carbonyl (C=O) groups is 1. The molecule has 1 heterocycles. The van der Waals surface area contributed by atoms with Crippen molar-refractivity contribution >= 4 is 5.78 Å². The summed E-state index contributed by atoms with van der Waals surface area (Å²) in [6.07, 6.45) is 1.38. The number of ketones is 1. The maximum atomic E-state index is 11.0. The molecule has 16 heavy (non-hydrogen) atoms. The van der Waals surface area contributed by atoms with Gasteiger partial charge in [0.05, 0.1) is 6.54 Å². The van der Waals surface area contributed by atoms with E-state index in [4.69, 9.17) is 0 Å². The Bertz CT molecular complexity index is 403. The monoisotopic (exact) mass is 213 g/mol. The molecule has 0 aliphatic carbocycles. The van der Waals surface area contributed by atoms with Gasteiger partial charge in [0.2, 0.25) is 0 Å². The molecule has 2 heteroatoms. The van der Waals surface area contributed by atoms with Gasteiger partial charge in [0.15, 0.2) is 0 Å². The molecule has 2 rings (SSSR count). The maximum absolute atomic E-state index is 11.0. The highest BCUT2D eigenvalue weighted by Crippen LogP contribution is 2.04. The van der Waals surface area contributed by atoms with E-state index in [0.29, 0.717) is 18.6 Å². The zero-order chi connectivity index (χ0) is 11.2. The van der Waals surface area contributed by atoms with Crippen molar-refractivity contribution in [2.24, 2.45) is 0 Å². The number of nitrogens with zero attached hydrogens (tertiary/aromatic N) is 1. The molecular weight excluding hydrogens is 198 g/mol. The Morgan fingerprint density at radius 2 is 1.81 bits per heavy atom. The first kappa shape index (κ1) is 10.9. The van der Waals surface area contributed by atoms with Gasteiger partial charge in [0, 0.05) is 31.5 Å². The Balaban J connectivity index is 1.84. The van der Waals surface area contributed by atoms with Crippen molar-refractivity contribution in [3.8, 4) is 11.8 Å². The maximum Gasteiger partial charge on any atom is 0.135 e. The Kier molecular flexibility index (Phi) is 3.74. The smallest absolute Gasteiger partial charge is 0.135 e. The lowest BCUT2D eigenvalue weighted by molar-refractivity contribution is -0.121. The summed E-state index contributed by atoms with van der Waals surface area (Å²) in [6, 6.07) is 9.98. The number of likely N-dealkylation sites (tertiary alicyclic amines) is 1. The van der Waals surface area contributed by atoms with E-state index in [2.05, 4.69) is 16.7 Å². The van der Waals surface area contributed by atoms with Crippen molar-refractivity contribution in [1.82, 2.24) is 4.90 Å². The van der Waals surface area contributed by atoms with Gasteiger partial charge >= 0.3 is 0 Å². The largest absolute Gasteiger partial charge is 0.300 e. The molecule has 0 bridgehead atoms. The number of Topliss-reactive ketones (excluding diaryl/α,β-unsaturated/α-hetero) is 1. The first-order valence-electron chi connectivity index (χ1n) is 5.62.